The van der Waals surface area contributed by atoms with Crippen molar-refractivity contribution in [3.63, 3.8) is 0 Å². The summed E-state index contributed by atoms with van der Waals surface area (Å²) in [4.78, 5) is -0.396. The highest BCUT2D eigenvalue weighted by Gasteiger charge is 2.34. The number of primary sulfonamides is 1. The molecule has 0 spiro atoms. The molecule has 1 rings (SSSR count). The first-order valence-corrected chi connectivity index (χ1v) is 7.38. The first kappa shape index (κ1) is 16.7. The second-order valence-electron chi connectivity index (χ2n) is 3.92. The largest absolute Gasteiger partial charge is 0.417 e. The Kier molecular flexibility index (Phi) is 4.95. The number of hydrogen-bond acceptors (Lipinski definition) is 4. The van der Waals surface area contributed by atoms with E-state index in [9.17, 15) is 21.6 Å². The topological polar surface area (TPSA) is 98.2 Å². The van der Waals surface area contributed by atoms with Gasteiger partial charge in [-0.05, 0) is 18.2 Å². The summed E-state index contributed by atoms with van der Waals surface area (Å²) in [5.74, 6) is -0.351. The van der Waals surface area contributed by atoms with Gasteiger partial charge in [-0.2, -0.15) is 13.2 Å². The van der Waals surface area contributed by atoms with Gasteiger partial charge in [0, 0.05) is 17.8 Å². The highest BCUT2D eigenvalue weighted by atomic mass is 32.2. The van der Waals surface area contributed by atoms with Crippen molar-refractivity contribution in [2.24, 2.45) is 10.9 Å². The van der Waals surface area contributed by atoms with Crippen LogP contribution < -0.4 is 16.2 Å². The van der Waals surface area contributed by atoms with Crippen LogP contribution in [-0.2, 0) is 16.2 Å². The zero-order valence-corrected chi connectivity index (χ0v) is 11.7. The summed E-state index contributed by atoms with van der Waals surface area (Å²) in [6, 6.07) is 3.11. The monoisotopic (exact) mass is 327 g/mol. The van der Waals surface area contributed by atoms with Crippen LogP contribution in [0.2, 0.25) is 0 Å². The fourth-order valence-corrected chi connectivity index (χ4v) is 2.00. The molecule has 0 fully saturated rings. The second kappa shape index (κ2) is 5.94. The quantitative estimate of drug-likeness (QED) is 0.702. The highest BCUT2D eigenvalue weighted by molar-refractivity contribution is 7.89. The Balaban J connectivity index is 2.97. The molecule has 5 N–H and O–H groups in total. The smallest absolute Gasteiger partial charge is 0.389 e. The fraction of sp³-hybridized carbons (Fsp3) is 0.300. The van der Waals surface area contributed by atoms with E-state index < -0.39 is 26.8 Å². The van der Waals surface area contributed by atoms with Gasteiger partial charge in [-0.3, -0.25) is 0 Å². The minimum absolute atomic E-state index is 0.0407. The molecule has 0 bridgehead atoms. The van der Waals surface area contributed by atoms with Crippen molar-refractivity contribution in [2.45, 2.75) is 6.18 Å². The number of nitrogens with one attached hydrogen (secondary N) is 1. The fourth-order valence-electron chi connectivity index (χ4n) is 1.44. The summed E-state index contributed by atoms with van der Waals surface area (Å²) in [5, 5.41) is 7.44. The molecule has 10 heteroatoms. The van der Waals surface area contributed by atoms with Crippen molar-refractivity contribution >= 4 is 32.9 Å². The molecule has 0 saturated carbocycles. The van der Waals surface area contributed by atoms with Gasteiger partial charge < -0.3 is 11.1 Å². The van der Waals surface area contributed by atoms with E-state index in [-0.39, 0.29) is 23.5 Å². The maximum atomic E-state index is 12.7. The molecule has 5 nitrogen and oxygen atoms in total. The number of alkyl halides is 3. The Labute approximate surface area is 119 Å². The van der Waals surface area contributed by atoms with Crippen LogP contribution in [-0.4, -0.2) is 25.7 Å². The first-order chi connectivity index (χ1) is 9.00. The van der Waals surface area contributed by atoms with E-state index in [0.29, 0.717) is 0 Å². The minimum atomic E-state index is -4.57. The number of nitrogens with two attached hydrogens (primary N) is 2. The zero-order valence-electron chi connectivity index (χ0n) is 10.1. The van der Waals surface area contributed by atoms with Crippen LogP contribution in [0.25, 0.3) is 0 Å². The molecule has 0 aliphatic heterocycles. The van der Waals surface area contributed by atoms with Crippen molar-refractivity contribution in [1.29, 1.82) is 0 Å². The van der Waals surface area contributed by atoms with Crippen LogP contribution in [0.5, 0.6) is 0 Å². The average molecular weight is 327 g/mol. The number of hydrogen-bond donors (Lipinski definition) is 3. The molecule has 0 saturated heterocycles. The normalized spacial score (nSPS) is 12.2. The van der Waals surface area contributed by atoms with Crippen molar-refractivity contribution in [2.75, 3.05) is 17.6 Å². The zero-order chi connectivity index (χ0) is 15.6. The standard InChI is InChI=1S/C10H12F3N3O2S2/c11-10(12,13)8-2-1-6(5-7(8)9(14)19)16-3-4-20(15,17)18/h1-2,5,16H,3-4H2,(H2,14,19)(H2,15,17,18). The van der Waals surface area contributed by atoms with Crippen LogP contribution in [0, 0.1) is 0 Å². The molecule has 1 aromatic rings. The molecule has 0 unspecified atom stereocenters. The van der Waals surface area contributed by atoms with Gasteiger partial charge in [-0.1, -0.05) is 12.2 Å². The van der Waals surface area contributed by atoms with Crippen LogP contribution in [0.1, 0.15) is 11.1 Å². The first-order valence-electron chi connectivity index (χ1n) is 5.26. The van der Waals surface area contributed by atoms with Crippen LogP contribution in [0.15, 0.2) is 18.2 Å². The van der Waals surface area contributed by atoms with Crippen molar-refractivity contribution in [3.8, 4) is 0 Å². The van der Waals surface area contributed by atoms with E-state index >= 15 is 0 Å². The van der Waals surface area contributed by atoms with E-state index in [4.69, 9.17) is 10.9 Å². The van der Waals surface area contributed by atoms with Crippen molar-refractivity contribution in [3.05, 3.63) is 29.3 Å². The lowest BCUT2D eigenvalue weighted by Gasteiger charge is -2.14. The molecule has 0 atom stereocenters. The Morgan fingerprint density at radius 1 is 1.35 bits per heavy atom. The third-order valence-electron chi connectivity index (χ3n) is 2.31. The molecule has 20 heavy (non-hydrogen) atoms. The SMILES string of the molecule is NC(=S)c1cc(NCCS(N)(=O)=O)ccc1C(F)(F)F. The molecule has 0 radical (unpaired) electrons. The second-order valence-corrected chi connectivity index (χ2v) is 6.09. The van der Waals surface area contributed by atoms with E-state index in [1.54, 1.807) is 0 Å². The summed E-state index contributed by atoms with van der Waals surface area (Å²) in [6.45, 7) is -0.0407. The van der Waals surface area contributed by atoms with E-state index in [0.717, 1.165) is 18.2 Å². The van der Waals surface area contributed by atoms with Gasteiger partial charge in [0.2, 0.25) is 10.0 Å². The maximum Gasteiger partial charge on any atom is 0.417 e. The Morgan fingerprint density at radius 3 is 2.40 bits per heavy atom. The predicted octanol–water partition coefficient (Wildman–Crippen LogP) is 1.04. The lowest BCUT2D eigenvalue weighted by atomic mass is 10.1. The van der Waals surface area contributed by atoms with Gasteiger partial charge >= 0.3 is 6.18 Å². The molecular weight excluding hydrogens is 315 g/mol. The average Bonchev–Trinajstić information content (AvgIpc) is 2.25. The van der Waals surface area contributed by atoms with Gasteiger partial charge in [0.25, 0.3) is 0 Å². The summed E-state index contributed by atoms with van der Waals surface area (Å²) in [5.41, 5.74) is 4.27. The van der Waals surface area contributed by atoms with Gasteiger partial charge in [-0.25, -0.2) is 13.6 Å². The van der Waals surface area contributed by atoms with Gasteiger partial charge in [0.15, 0.2) is 0 Å². The molecule has 0 aliphatic carbocycles. The molecule has 0 aliphatic rings. The Morgan fingerprint density at radius 2 is 1.95 bits per heavy atom. The Bertz CT molecular complexity index is 615. The molecule has 1 aromatic carbocycles. The van der Waals surface area contributed by atoms with E-state index in [1.807, 2.05) is 0 Å². The summed E-state index contributed by atoms with van der Waals surface area (Å²) in [7, 11) is -3.65. The number of benzene rings is 1. The van der Waals surface area contributed by atoms with Crippen LogP contribution in [0.3, 0.4) is 0 Å². The molecule has 0 heterocycles. The van der Waals surface area contributed by atoms with Crippen molar-refractivity contribution in [1.82, 2.24) is 0 Å². The van der Waals surface area contributed by atoms with Crippen molar-refractivity contribution < 1.29 is 21.6 Å². The minimum Gasteiger partial charge on any atom is -0.389 e. The van der Waals surface area contributed by atoms with E-state index in [1.165, 1.54) is 0 Å². The highest BCUT2D eigenvalue weighted by Crippen LogP contribution is 2.33. The number of anilines is 1. The summed E-state index contributed by atoms with van der Waals surface area (Å²) >= 11 is 4.58. The lowest BCUT2D eigenvalue weighted by Crippen LogP contribution is -2.23. The van der Waals surface area contributed by atoms with Crippen LogP contribution in [0.4, 0.5) is 18.9 Å². The molecule has 0 amide bonds. The summed E-state index contributed by atoms with van der Waals surface area (Å²) < 4.78 is 59.6. The molecule has 0 aromatic heterocycles. The lowest BCUT2D eigenvalue weighted by molar-refractivity contribution is -0.137. The van der Waals surface area contributed by atoms with Crippen LogP contribution >= 0.6 is 12.2 Å². The third kappa shape index (κ3) is 4.94. The number of rotatable bonds is 5. The maximum absolute atomic E-state index is 12.7. The molecular formula is C10H12F3N3O2S2. The number of thiocarbonyl (C=S) groups is 1. The summed E-state index contributed by atoms with van der Waals surface area (Å²) in [6.07, 6.45) is -4.57. The number of halogens is 3. The van der Waals surface area contributed by atoms with Gasteiger partial charge in [0.05, 0.1) is 11.3 Å². The third-order valence-corrected chi connectivity index (χ3v) is 3.30. The van der Waals surface area contributed by atoms with Gasteiger partial charge in [-0.15, -0.1) is 0 Å². The predicted molar refractivity (Wildman–Crippen MR) is 73.8 cm³/mol. The molecule has 112 valence electrons. The Hall–Kier alpha value is -1.39. The number of sulfonamides is 1. The van der Waals surface area contributed by atoms with E-state index in [2.05, 4.69) is 17.5 Å². The van der Waals surface area contributed by atoms with Gasteiger partial charge in [0.1, 0.15) is 4.99 Å².